The third kappa shape index (κ3) is 5.47. The van der Waals surface area contributed by atoms with Gasteiger partial charge in [0, 0.05) is 17.5 Å². The van der Waals surface area contributed by atoms with E-state index >= 15 is 0 Å². The number of hydrogen-bond donors (Lipinski definition) is 1. The number of para-hydroxylation sites is 1. The van der Waals surface area contributed by atoms with Gasteiger partial charge in [0.1, 0.15) is 5.75 Å². The second-order valence-corrected chi connectivity index (χ2v) is 10.4. The van der Waals surface area contributed by atoms with Crippen molar-refractivity contribution in [3.05, 3.63) is 100 Å². The molecule has 1 N–H and O–H groups in total. The highest BCUT2D eigenvalue weighted by molar-refractivity contribution is 5.80. The molecule has 0 aliphatic heterocycles. The van der Waals surface area contributed by atoms with Crippen molar-refractivity contribution in [2.24, 2.45) is 0 Å². The molecule has 8 nitrogen and oxygen atoms in total. The van der Waals surface area contributed by atoms with Gasteiger partial charge in [-0.15, -0.1) is 5.10 Å². The summed E-state index contributed by atoms with van der Waals surface area (Å²) < 4.78 is 9.41. The molecule has 0 amide bonds. The number of methoxy groups -OCH3 is 1. The molecule has 40 heavy (non-hydrogen) atoms. The second-order valence-electron chi connectivity index (χ2n) is 10.4. The summed E-state index contributed by atoms with van der Waals surface area (Å²) in [5.41, 5.74) is 6.98. The van der Waals surface area contributed by atoms with Gasteiger partial charge in [0.25, 0.3) is 0 Å². The van der Waals surface area contributed by atoms with Crippen LogP contribution in [0.2, 0.25) is 0 Å². The molecular weight excluding hydrogens is 500 g/mol. The van der Waals surface area contributed by atoms with Crippen LogP contribution in [0.3, 0.4) is 0 Å². The third-order valence-corrected chi connectivity index (χ3v) is 7.34. The van der Waals surface area contributed by atoms with Gasteiger partial charge in [0.15, 0.2) is 5.82 Å². The first kappa shape index (κ1) is 27.1. The van der Waals surface area contributed by atoms with E-state index in [9.17, 15) is 4.79 Å². The van der Waals surface area contributed by atoms with Crippen LogP contribution in [0.5, 0.6) is 5.75 Å². The van der Waals surface area contributed by atoms with Crippen LogP contribution in [-0.2, 0) is 13.0 Å². The average Bonchev–Trinajstić information content (AvgIpc) is 3.62. The number of rotatable bonds is 11. The SMILES string of the molecule is CCCCCc1cn(-c2c(OC)cccc2C(C)C)c(=O)n1Cc1ccc(-c2ccccc2-c2nnn[nH]2)cc1. The standard InChI is InChI=1S/C32H36N6O2/c1-5-6-7-11-25-21-38(30-26(22(2)3)14-10-15-29(30)40-4)32(39)37(25)20-23-16-18-24(19-17-23)27-12-8-9-13-28(27)31-33-35-36-34-31/h8-10,12-19,21-22H,5-7,11,20H2,1-4H3,(H,33,34,35,36). The molecular formula is C32H36N6O2. The summed E-state index contributed by atoms with van der Waals surface area (Å²) in [4.78, 5) is 14.0. The Hall–Kier alpha value is -4.46. The fraction of sp³-hybridized carbons (Fsp3) is 0.312. The maximum atomic E-state index is 14.0. The summed E-state index contributed by atoms with van der Waals surface area (Å²) in [6.07, 6.45) is 6.15. The zero-order valence-corrected chi connectivity index (χ0v) is 23.6. The molecule has 0 aliphatic carbocycles. The Morgan fingerprint density at radius 1 is 0.950 bits per heavy atom. The minimum atomic E-state index is -0.0508. The Morgan fingerprint density at radius 2 is 1.73 bits per heavy atom. The number of ether oxygens (including phenoxy) is 1. The number of nitrogens with zero attached hydrogens (tertiary/aromatic N) is 5. The normalized spacial score (nSPS) is 11.3. The number of aromatic nitrogens is 6. The molecule has 5 rings (SSSR count). The summed E-state index contributed by atoms with van der Waals surface area (Å²) in [5, 5.41) is 14.4. The number of imidazole rings is 1. The number of benzene rings is 3. The monoisotopic (exact) mass is 536 g/mol. The number of nitrogens with one attached hydrogen (secondary N) is 1. The molecule has 0 bridgehead atoms. The molecule has 2 aromatic heterocycles. The van der Waals surface area contributed by atoms with Crippen molar-refractivity contribution in [1.82, 2.24) is 29.8 Å². The maximum Gasteiger partial charge on any atom is 0.333 e. The Kier molecular flexibility index (Phi) is 8.24. The minimum Gasteiger partial charge on any atom is -0.495 e. The lowest BCUT2D eigenvalue weighted by atomic mass is 9.98. The second kappa shape index (κ2) is 12.2. The van der Waals surface area contributed by atoms with Crippen LogP contribution < -0.4 is 10.4 Å². The van der Waals surface area contributed by atoms with Crippen LogP contribution >= 0.6 is 0 Å². The quantitative estimate of drug-likeness (QED) is 0.197. The van der Waals surface area contributed by atoms with Crippen LogP contribution in [-0.4, -0.2) is 36.9 Å². The summed E-state index contributed by atoms with van der Waals surface area (Å²) in [5.74, 6) is 1.57. The molecule has 0 radical (unpaired) electrons. The van der Waals surface area contributed by atoms with Gasteiger partial charge in [-0.3, -0.25) is 9.13 Å². The third-order valence-electron chi connectivity index (χ3n) is 7.34. The molecule has 0 atom stereocenters. The fourth-order valence-corrected chi connectivity index (χ4v) is 5.23. The minimum absolute atomic E-state index is 0.0508. The molecule has 0 unspecified atom stereocenters. The molecule has 2 heterocycles. The van der Waals surface area contributed by atoms with E-state index in [2.05, 4.69) is 77.8 Å². The Bertz CT molecular complexity index is 1610. The lowest BCUT2D eigenvalue weighted by molar-refractivity contribution is 0.411. The zero-order chi connectivity index (χ0) is 28.1. The van der Waals surface area contributed by atoms with Crippen molar-refractivity contribution in [1.29, 1.82) is 0 Å². The van der Waals surface area contributed by atoms with E-state index in [1.165, 1.54) is 0 Å². The van der Waals surface area contributed by atoms with E-state index < -0.39 is 0 Å². The Labute approximate surface area is 234 Å². The van der Waals surface area contributed by atoms with Gasteiger partial charge in [-0.1, -0.05) is 94.3 Å². The predicted octanol–water partition coefficient (Wildman–Crippen LogP) is 6.40. The summed E-state index contributed by atoms with van der Waals surface area (Å²) in [6.45, 7) is 6.97. The molecule has 0 spiro atoms. The van der Waals surface area contributed by atoms with Gasteiger partial charge in [-0.2, -0.15) is 0 Å². The van der Waals surface area contributed by atoms with Crippen LogP contribution in [0.25, 0.3) is 28.2 Å². The molecule has 206 valence electrons. The van der Waals surface area contributed by atoms with Gasteiger partial charge in [-0.25, -0.2) is 9.89 Å². The highest BCUT2D eigenvalue weighted by Gasteiger charge is 2.20. The molecule has 3 aromatic carbocycles. The van der Waals surface area contributed by atoms with Crippen LogP contribution in [0.4, 0.5) is 0 Å². The highest BCUT2D eigenvalue weighted by atomic mass is 16.5. The van der Waals surface area contributed by atoms with E-state index in [4.69, 9.17) is 4.74 Å². The molecule has 0 saturated heterocycles. The fourth-order valence-electron chi connectivity index (χ4n) is 5.23. The number of aryl methyl sites for hydroxylation is 1. The van der Waals surface area contributed by atoms with E-state index in [1.54, 1.807) is 11.7 Å². The van der Waals surface area contributed by atoms with E-state index in [-0.39, 0.29) is 11.6 Å². The first-order valence-electron chi connectivity index (χ1n) is 13.9. The lowest BCUT2D eigenvalue weighted by Crippen LogP contribution is -2.25. The molecule has 5 aromatic rings. The Balaban J connectivity index is 1.52. The van der Waals surface area contributed by atoms with Crippen LogP contribution in [0.15, 0.2) is 77.7 Å². The predicted molar refractivity (Wildman–Crippen MR) is 158 cm³/mol. The van der Waals surface area contributed by atoms with E-state index in [0.717, 1.165) is 64.9 Å². The average molecular weight is 537 g/mol. The van der Waals surface area contributed by atoms with E-state index in [0.29, 0.717) is 18.1 Å². The number of aromatic amines is 1. The summed E-state index contributed by atoms with van der Waals surface area (Å²) in [6, 6.07) is 22.4. The largest absolute Gasteiger partial charge is 0.495 e. The highest BCUT2D eigenvalue weighted by Crippen LogP contribution is 2.32. The maximum absolute atomic E-state index is 14.0. The summed E-state index contributed by atoms with van der Waals surface area (Å²) in [7, 11) is 1.66. The van der Waals surface area contributed by atoms with Crippen LogP contribution in [0.1, 0.15) is 62.8 Å². The van der Waals surface area contributed by atoms with Crippen molar-refractivity contribution in [3.8, 4) is 34.0 Å². The molecule has 0 aliphatic rings. The van der Waals surface area contributed by atoms with Crippen molar-refractivity contribution in [3.63, 3.8) is 0 Å². The topological polar surface area (TPSA) is 90.6 Å². The van der Waals surface area contributed by atoms with Crippen molar-refractivity contribution in [2.45, 2.75) is 58.9 Å². The lowest BCUT2D eigenvalue weighted by Gasteiger charge is -2.16. The Morgan fingerprint density at radius 3 is 2.40 bits per heavy atom. The zero-order valence-electron chi connectivity index (χ0n) is 23.6. The van der Waals surface area contributed by atoms with Gasteiger partial charge in [0.2, 0.25) is 0 Å². The summed E-state index contributed by atoms with van der Waals surface area (Å²) >= 11 is 0. The van der Waals surface area contributed by atoms with Gasteiger partial charge in [0.05, 0.1) is 19.3 Å². The van der Waals surface area contributed by atoms with Gasteiger partial charge in [-0.05, 0) is 57.5 Å². The van der Waals surface area contributed by atoms with Crippen LogP contribution in [0, 0.1) is 0 Å². The number of H-pyrrole nitrogens is 1. The van der Waals surface area contributed by atoms with Gasteiger partial charge < -0.3 is 4.74 Å². The number of unbranched alkanes of at least 4 members (excludes halogenated alkanes) is 2. The first-order chi connectivity index (χ1) is 19.5. The number of tetrazole rings is 1. The van der Waals surface area contributed by atoms with Crippen molar-refractivity contribution in [2.75, 3.05) is 7.11 Å². The molecule has 0 fully saturated rings. The van der Waals surface area contributed by atoms with Crippen molar-refractivity contribution >= 4 is 0 Å². The molecule has 0 saturated carbocycles. The van der Waals surface area contributed by atoms with Gasteiger partial charge >= 0.3 is 5.69 Å². The first-order valence-corrected chi connectivity index (χ1v) is 13.9. The van der Waals surface area contributed by atoms with Crippen molar-refractivity contribution < 1.29 is 4.74 Å². The number of hydrogen-bond acceptors (Lipinski definition) is 5. The smallest absolute Gasteiger partial charge is 0.333 e. The molecule has 8 heteroatoms. The van der Waals surface area contributed by atoms with E-state index in [1.807, 2.05) is 41.1 Å².